The van der Waals surface area contributed by atoms with Gasteiger partial charge in [-0.05, 0) is 129 Å². The highest BCUT2D eigenvalue weighted by molar-refractivity contribution is 5.98. The summed E-state index contributed by atoms with van der Waals surface area (Å²) in [4.78, 5) is 35.8. The molecule has 0 amide bonds. The third-order valence-electron chi connectivity index (χ3n) is 13.1. The van der Waals surface area contributed by atoms with Gasteiger partial charge in [-0.1, -0.05) is 202 Å². The number of hydrogen-bond donors (Lipinski definition) is 0. The molecule has 6 rings (SSSR count). The number of nitriles is 1. The number of carbonyl (C=O) groups excluding carboxylic acids is 3. The molecule has 0 unspecified atom stereocenters. The number of carbonyl (C=O) groups is 3. The molecule has 418 valence electrons. The fraction of sp³-hybridized carbons (Fsp3) is 0.420. The first kappa shape index (κ1) is 65.3. The van der Waals surface area contributed by atoms with E-state index in [0.29, 0.717) is 36.0 Å². The zero-order valence-corrected chi connectivity index (χ0v) is 49.9. The molecular weight excluding hydrogens is 969 g/mol. The van der Waals surface area contributed by atoms with Crippen LogP contribution in [0.4, 0.5) is 17.1 Å². The summed E-state index contributed by atoms with van der Waals surface area (Å²) in [6.07, 6.45) is 4.02. The summed E-state index contributed by atoms with van der Waals surface area (Å²) in [5, 5.41) is 9.64. The molecule has 9 heteroatoms. The van der Waals surface area contributed by atoms with Crippen molar-refractivity contribution in [3.63, 3.8) is 0 Å². The van der Waals surface area contributed by atoms with E-state index in [1.165, 1.54) is 34.8 Å². The van der Waals surface area contributed by atoms with Crippen molar-refractivity contribution < 1.29 is 33.3 Å². The van der Waals surface area contributed by atoms with Gasteiger partial charge in [0.2, 0.25) is 0 Å². The molecule has 1 fully saturated rings. The fourth-order valence-corrected chi connectivity index (χ4v) is 7.70. The molecule has 5 aromatic rings. The quantitative estimate of drug-likeness (QED) is 0.0388. The number of esters is 3. The molecule has 0 spiro atoms. The van der Waals surface area contributed by atoms with E-state index >= 15 is 0 Å². The summed E-state index contributed by atoms with van der Waals surface area (Å²) in [6.45, 7) is 43.6. The second-order valence-electron chi connectivity index (χ2n) is 23.7. The Labute approximate surface area is 469 Å². The average molecular weight is 1060 g/mol. The molecule has 0 N–H and O–H groups in total. The summed E-state index contributed by atoms with van der Waals surface area (Å²) in [6, 6.07) is 44.8. The Morgan fingerprint density at radius 2 is 0.949 bits per heavy atom. The van der Waals surface area contributed by atoms with E-state index < -0.39 is 5.97 Å². The maximum atomic E-state index is 12.5. The highest BCUT2D eigenvalue weighted by Crippen LogP contribution is 2.39. The zero-order chi connectivity index (χ0) is 58.4. The van der Waals surface area contributed by atoms with Crippen LogP contribution < -0.4 is 4.90 Å². The van der Waals surface area contributed by atoms with Crippen molar-refractivity contribution in [1.82, 2.24) is 0 Å². The Morgan fingerprint density at radius 3 is 1.22 bits per heavy atom. The van der Waals surface area contributed by atoms with Gasteiger partial charge in [0.1, 0.15) is 11.6 Å². The summed E-state index contributed by atoms with van der Waals surface area (Å²) < 4.78 is 20.0. The maximum Gasteiger partial charge on any atom is 0.348 e. The number of ether oxygens (including phenoxy) is 4. The lowest BCUT2D eigenvalue weighted by Gasteiger charge is -2.44. The molecular formula is C69H90N2O7. The number of rotatable bonds is 17. The van der Waals surface area contributed by atoms with Gasteiger partial charge in [-0.3, -0.25) is 0 Å². The number of benzene rings is 5. The largest absolute Gasteiger partial charge is 0.462 e. The summed E-state index contributed by atoms with van der Waals surface area (Å²) in [5.41, 5.74) is 12.2. The van der Waals surface area contributed by atoms with Crippen LogP contribution in [0.15, 0.2) is 152 Å². The standard InChI is InChI=1S/C46H48N2O2.C8H14O2.C8H16O.C7H12O2/c1-32(2)31-50-44(49)38(30-47)29-33-9-23-41(24-10-33)48(42-25-15-36(16-26-42)34-11-19-39(20-12-34)45(3,4)5)43-27-17-37(18-28-43)35-13-21-40(22-14-35)46(6,7)8;1-6(2)5-10-8(9)7(3)4;1-4-8(7(2)3)5-9-6-8;1-4-7(8)9-5-6(2)3/h9-29,32H,31H2,1-8H3;6H,3,5H2,1-2,4H3;7H,4-6H2,1-3H3;4,6H,1,5H2,2-3H3/b38-29-;;;. The average Bonchev–Trinajstić information content (AvgIpc) is 3.38. The molecule has 1 heterocycles. The molecule has 0 atom stereocenters. The van der Waals surface area contributed by atoms with Crippen molar-refractivity contribution >= 4 is 41.0 Å². The Hall–Kier alpha value is -7.02. The van der Waals surface area contributed by atoms with Crippen LogP contribution in [-0.4, -0.2) is 50.9 Å². The Balaban J connectivity index is 0.000000461. The van der Waals surface area contributed by atoms with Crippen LogP contribution >= 0.6 is 0 Å². The first-order chi connectivity index (χ1) is 36.6. The molecule has 5 aromatic carbocycles. The van der Waals surface area contributed by atoms with Gasteiger partial charge in [-0.15, -0.1) is 0 Å². The van der Waals surface area contributed by atoms with Crippen molar-refractivity contribution in [2.45, 2.75) is 128 Å². The predicted molar refractivity (Wildman–Crippen MR) is 324 cm³/mol. The number of hydrogen-bond acceptors (Lipinski definition) is 9. The second-order valence-corrected chi connectivity index (χ2v) is 23.7. The zero-order valence-electron chi connectivity index (χ0n) is 49.9. The van der Waals surface area contributed by atoms with Crippen LogP contribution in [-0.2, 0) is 44.2 Å². The van der Waals surface area contributed by atoms with E-state index in [1.807, 2.05) is 71.9 Å². The minimum Gasteiger partial charge on any atom is -0.462 e. The fourth-order valence-electron chi connectivity index (χ4n) is 7.70. The van der Waals surface area contributed by atoms with Crippen LogP contribution in [0.5, 0.6) is 0 Å². The Kier molecular flexibility index (Phi) is 25.8. The Morgan fingerprint density at radius 1 is 0.603 bits per heavy atom. The summed E-state index contributed by atoms with van der Waals surface area (Å²) >= 11 is 0. The summed E-state index contributed by atoms with van der Waals surface area (Å²) in [5.74, 6) is 0.523. The van der Waals surface area contributed by atoms with E-state index in [9.17, 15) is 19.6 Å². The highest BCUT2D eigenvalue weighted by atomic mass is 16.5. The minimum absolute atomic E-state index is 0.0208. The van der Waals surface area contributed by atoms with Gasteiger partial charge in [0.15, 0.2) is 0 Å². The van der Waals surface area contributed by atoms with Crippen LogP contribution in [0.25, 0.3) is 28.3 Å². The van der Waals surface area contributed by atoms with Gasteiger partial charge in [-0.2, -0.15) is 5.26 Å². The van der Waals surface area contributed by atoms with Crippen LogP contribution in [0.3, 0.4) is 0 Å². The van der Waals surface area contributed by atoms with E-state index in [-0.39, 0.29) is 40.9 Å². The van der Waals surface area contributed by atoms with Crippen molar-refractivity contribution in [2.24, 2.45) is 29.1 Å². The molecule has 78 heavy (non-hydrogen) atoms. The lowest BCUT2D eigenvalue weighted by molar-refractivity contribution is -0.140. The van der Waals surface area contributed by atoms with Gasteiger partial charge in [0.25, 0.3) is 0 Å². The number of nitrogens with zero attached hydrogens (tertiary/aromatic N) is 2. The van der Waals surface area contributed by atoms with Gasteiger partial charge >= 0.3 is 17.9 Å². The van der Waals surface area contributed by atoms with Gasteiger partial charge in [0.05, 0.1) is 33.0 Å². The molecule has 0 saturated carbocycles. The molecule has 0 bridgehead atoms. The molecule has 0 aromatic heterocycles. The monoisotopic (exact) mass is 1060 g/mol. The van der Waals surface area contributed by atoms with Crippen LogP contribution in [0, 0.1) is 40.4 Å². The Bertz CT molecular complexity index is 2630. The minimum atomic E-state index is -0.604. The third-order valence-corrected chi connectivity index (χ3v) is 13.1. The molecule has 0 aliphatic carbocycles. The normalized spacial score (nSPS) is 12.8. The van der Waals surface area contributed by atoms with Crippen molar-refractivity contribution in [3.8, 4) is 28.3 Å². The van der Waals surface area contributed by atoms with E-state index in [0.717, 1.165) is 52.9 Å². The first-order valence-corrected chi connectivity index (χ1v) is 27.4. The first-order valence-electron chi connectivity index (χ1n) is 27.4. The van der Waals surface area contributed by atoms with Crippen molar-refractivity contribution in [3.05, 3.63) is 168 Å². The molecule has 0 radical (unpaired) electrons. The van der Waals surface area contributed by atoms with Crippen LogP contribution in [0.2, 0.25) is 0 Å². The van der Waals surface area contributed by atoms with Crippen molar-refractivity contribution in [2.75, 3.05) is 37.9 Å². The predicted octanol–water partition coefficient (Wildman–Crippen LogP) is 17.4. The van der Waals surface area contributed by atoms with Gasteiger partial charge < -0.3 is 23.8 Å². The third kappa shape index (κ3) is 21.1. The SMILES string of the molecule is C=C(C)C(=O)OCC(C)C.C=CC(=O)OCC(C)C.CC(C)COC(=O)/C(C#N)=C\c1ccc(N(c2ccc(-c3ccc(C(C)(C)C)cc3)cc2)c2ccc(-c3ccc(C(C)(C)C)cc3)cc2)cc1.CCC1(C(C)C)COC1. The lowest BCUT2D eigenvalue weighted by atomic mass is 9.73. The topological polar surface area (TPSA) is 115 Å². The van der Waals surface area contributed by atoms with Crippen molar-refractivity contribution in [1.29, 1.82) is 5.26 Å². The summed E-state index contributed by atoms with van der Waals surface area (Å²) in [7, 11) is 0. The maximum absolute atomic E-state index is 12.5. The smallest absolute Gasteiger partial charge is 0.348 e. The van der Waals surface area contributed by atoms with E-state index in [1.54, 1.807) is 13.0 Å². The highest BCUT2D eigenvalue weighted by Gasteiger charge is 2.39. The molecule has 1 aliphatic rings. The van der Waals surface area contributed by atoms with Crippen LogP contribution in [0.1, 0.15) is 134 Å². The van der Waals surface area contributed by atoms with Gasteiger partial charge in [-0.25, -0.2) is 14.4 Å². The lowest BCUT2D eigenvalue weighted by Crippen LogP contribution is -2.46. The molecule has 1 saturated heterocycles. The van der Waals surface area contributed by atoms with E-state index in [4.69, 9.17) is 18.9 Å². The molecule has 1 aliphatic heterocycles. The second kappa shape index (κ2) is 30.8. The molecule has 9 nitrogen and oxygen atoms in total. The number of anilines is 3. The van der Waals surface area contributed by atoms with E-state index in [2.05, 4.69) is 177 Å². The van der Waals surface area contributed by atoms with Gasteiger partial charge in [0, 0.05) is 34.1 Å².